The number of nitrogens with one attached hydrogen (secondary N) is 1. The third kappa shape index (κ3) is 4.24. The highest BCUT2D eigenvalue weighted by Gasteiger charge is 2.54. The first-order chi connectivity index (χ1) is 15.3. The average Bonchev–Trinajstić information content (AvgIpc) is 3.38. The molecular formula is C16H17ClN8O4S3. The number of nitrogens with two attached hydrogens (primary N) is 1. The van der Waals surface area contributed by atoms with Crippen molar-refractivity contribution >= 4 is 75.1 Å². The number of anilines is 1. The number of amides is 2. The summed E-state index contributed by atoms with van der Waals surface area (Å²) in [5, 5.41) is 23.2. The largest absolute Gasteiger partial charge is 0.477 e. The Morgan fingerprint density at radius 3 is 2.84 bits per heavy atom. The summed E-state index contributed by atoms with van der Waals surface area (Å²) in [5.41, 5.74) is 7.60. The molecule has 2 atom stereocenters. The van der Waals surface area contributed by atoms with Gasteiger partial charge in [-0.05, 0) is 22.7 Å². The Kier molecular flexibility index (Phi) is 6.50. The molecule has 32 heavy (non-hydrogen) atoms. The van der Waals surface area contributed by atoms with E-state index in [9.17, 15) is 19.5 Å². The van der Waals surface area contributed by atoms with Crippen LogP contribution in [0.15, 0.2) is 32.6 Å². The molecule has 16 heteroatoms. The highest BCUT2D eigenvalue weighted by Crippen LogP contribution is 2.41. The van der Waals surface area contributed by atoms with Crippen molar-refractivity contribution in [2.75, 3.05) is 31.0 Å². The second-order valence-corrected chi connectivity index (χ2v) is 10.00. The van der Waals surface area contributed by atoms with Gasteiger partial charge in [-0.15, -0.1) is 23.1 Å². The van der Waals surface area contributed by atoms with Crippen molar-refractivity contribution < 1.29 is 19.5 Å². The lowest BCUT2D eigenvalue weighted by Gasteiger charge is -2.49. The summed E-state index contributed by atoms with van der Waals surface area (Å²) < 4.78 is 1.63. The molecule has 0 bridgehead atoms. The molecule has 4 rings (SSSR count). The number of thioether (sulfide) groups is 1. The second kappa shape index (κ2) is 9.17. The van der Waals surface area contributed by atoms with Crippen LogP contribution >= 0.6 is 46.6 Å². The maximum absolute atomic E-state index is 12.8. The molecule has 3 aliphatic heterocycles. The number of β-lactam (4-membered cyclic amide) rings is 1. The quantitative estimate of drug-likeness (QED) is 0.273. The number of carbonyl (C=O) groups is 3. The van der Waals surface area contributed by atoms with E-state index in [1.54, 1.807) is 21.9 Å². The number of thiazole rings is 1. The molecule has 1 fully saturated rings. The predicted molar refractivity (Wildman–Crippen MR) is 122 cm³/mol. The molecule has 1 aromatic heterocycles. The van der Waals surface area contributed by atoms with Gasteiger partial charge in [0, 0.05) is 29.5 Å². The van der Waals surface area contributed by atoms with E-state index >= 15 is 0 Å². The van der Waals surface area contributed by atoms with Gasteiger partial charge in [-0.2, -0.15) is 4.41 Å². The van der Waals surface area contributed by atoms with Gasteiger partial charge in [-0.3, -0.25) is 19.5 Å². The smallest absolute Gasteiger partial charge is 0.352 e. The van der Waals surface area contributed by atoms with E-state index in [1.165, 1.54) is 28.6 Å². The summed E-state index contributed by atoms with van der Waals surface area (Å²) in [4.78, 5) is 42.7. The van der Waals surface area contributed by atoms with Crippen molar-refractivity contribution in [2.24, 2.45) is 10.4 Å². The van der Waals surface area contributed by atoms with Crippen LogP contribution in [0.1, 0.15) is 5.69 Å². The Hall–Kier alpha value is -2.49. The third-order valence-electron chi connectivity index (χ3n) is 4.69. The van der Waals surface area contributed by atoms with Crippen molar-refractivity contribution in [1.82, 2.24) is 24.6 Å². The fraction of sp³-hybridized carbons (Fsp3) is 0.375. The molecule has 1 unspecified atom stereocenters. The van der Waals surface area contributed by atoms with E-state index in [0.717, 1.165) is 16.9 Å². The van der Waals surface area contributed by atoms with E-state index in [-0.39, 0.29) is 16.4 Å². The molecule has 4 N–H and O–H groups in total. The van der Waals surface area contributed by atoms with Crippen LogP contribution in [0.25, 0.3) is 5.57 Å². The van der Waals surface area contributed by atoms with Crippen LogP contribution in [0.5, 0.6) is 0 Å². The molecule has 0 spiro atoms. The molecule has 0 saturated carbocycles. The molecule has 2 amide bonds. The number of rotatable bonds is 7. The summed E-state index contributed by atoms with van der Waals surface area (Å²) in [6.07, 6.45) is 0. The van der Waals surface area contributed by atoms with Crippen molar-refractivity contribution in [3.63, 3.8) is 0 Å². The Morgan fingerprint density at radius 2 is 2.25 bits per heavy atom. The Morgan fingerprint density at radius 1 is 1.47 bits per heavy atom. The maximum atomic E-state index is 12.8. The molecule has 4 heterocycles. The Labute approximate surface area is 199 Å². The summed E-state index contributed by atoms with van der Waals surface area (Å²) >= 11 is 9.65. The average molecular weight is 517 g/mol. The number of nitrogen functional groups attached to an aromatic ring is 1. The second-order valence-electron chi connectivity index (χ2n) is 6.82. The lowest BCUT2D eigenvalue weighted by Crippen LogP contribution is -2.70. The first-order valence-corrected chi connectivity index (χ1v) is 12.4. The summed E-state index contributed by atoms with van der Waals surface area (Å²) in [6.45, 7) is 0.480. The fourth-order valence-electron chi connectivity index (χ4n) is 3.21. The molecule has 12 nitrogen and oxygen atoms in total. The van der Waals surface area contributed by atoms with Crippen molar-refractivity contribution in [3.8, 4) is 0 Å². The van der Waals surface area contributed by atoms with Gasteiger partial charge in [-0.1, -0.05) is 16.8 Å². The Bertz CT molecular complexity index is 1060. The monoisotopic (exact) mass is 516 g/mol. The minimum absolute atomic E-state index is 0.0541. The molecule has 1 aromatic rings. The first kappa shape index (κ1) is 22.7. The van der Waals surface area contributed by atoms with Gasteiger partial charge in [0.15, 0.2) is 5.13 Å². The topological polar surface area (TPSA) is 157 Å². The molecule has 0 aromatic carbocycles. The number of hydrogen-bond acceptors (Lipinski definition) is 12. The highest BCUT2D eigenvalue weighted by atomic mass is 35.5. The van der Waals surface area contributed by atoms with Crippen LogP contribution in [0.4, 0.5) is 5.13 Å². The van der Waals surface area contributed by atoms with Crippen LogP contribution < -0.4 is 11.1 Å². The minimum atomic E-state index is -1.19. The van der Waals surface area contributed by atoms with Gasteiger partial charge in [0.05, 0.1) is 11.3 Å². The van der Waals surface area contributed by atoms with E-state index in [0.29, 0.717) is 29.4 Å². The first-order valence-electron chi connectivity index (χ1n) is 9.06. The fourth-order valence-corrected chi connectivity index (χ4v) is 6.34. The van der Waals surface area contributed by atoms with Crippen LogP contribution in [-0.2, 0) is 14.4 Å². The van der Waals surface area contributed by atoms with Crippen LogP contribution in [0, 0.1) is 0 Å². The van der Waals surface area contributed by atoms with Gasteiger partial charge >= 0.3 is 5.97 Å². The number of halogens is 1. The minimum Gasteiger partial charge on any atom is -0.477 e. The number of carbonyl (C=O) groups excluding carboxylic acids is 2. The lowest BCUT2D eigenvalue weighted by atomic mass is 10.0. The lowest BCUT2D eigenvalue weighted by molar-refractivity contribution is -0.150. The molecule has 3 aliphatic rings. The number of nitrogens with zero attached hydrogens (tertiary/aromatic N) is 6. The van der Waals surface area contributed by atoms with E-state index in [4.69, 9.17) is 17.3 Å². The van der Waals surface area contributed by atoms with E-state index < -0.39 is 29.2 Å². The predicted octanol–water partition coefficient (Wildman–Crippen LogP) is 1.18. The molecule has 0 aliphatic carbocycles. The van der Waals surface area contributed by atoms with Crippen LogP contribution in [0.2, 0.25) is 0 Å². The summed E-state index contributed by atoms with van der Waals surface area (Å²) in [7, 11) is 1.77. The molecule has 170 valence electrons. The summed E-state index contributed by atoms with van der Waals surface area (Å²) in [5.74, 6) is -1.53. The normalized spacial score (nSPS) is 22.9. The van der Waals surface area contributed by atoms with Crippen molar-refractivity contribution in [2.45, 2.75) is 11.4 Å². The SMILES string of the molecule is CN1CN(SCC2=C(C(=O)O)N3C(=O)C(NC(=O)C(=CCl)c4csc(N)n4)[C@@H]3SC2)N=N1. The number of hydrogen-bond donors (Lipinski definition) is 3. The van der Waals surface area contributed by atoms with Gasteiger partial charge < -0.3 is 16.2 Å². The molecular weight excluding hydrogens is 500 g/mol. The number of fused-ring (bicyclic) bond motifs is 1. The summed E-state index contributed by atoms with van der Waals surface area (Å²) in [6, 6.07) is -0.875. The van der Waals surface area contributed by atoms with Crippen molar-refractivity contribution in [3.05, 3.63) is 27.9 Å². The number of carboxylic acids is 1. The molecule has 0 radical (unpaired) electrons. The van der Waals surface area contributed by atoms with Gasteiger partial charge in [0.2, 0.25) is 0 Å². The zero-order valence-corrected chi connectivity index (χ0v) is 19.7. The van der Waals surface area contributed by atoms with E-state index in [2.05, 4.69) is 20.7 Å². The highest BCUT2D eigenvalue weighted by molar-refractivity contribution is 8.00. The number of carboxylic acid groups (broad SMARTS) is 1. The zero-order valence-electron chi connectivity index (χ0n) is 16.5. The number of aromatic nitrogens is 1. The Balaban J connectivity index is 1.45. The van der Waals surface area contributed by atoms with Crippen LogP contribution in [-0.4, -0.2) is 78.8 Å². The van der Waals surface area contributed by atoms with E-state index in [1.807, 2.05) is 0 Å². The zero-order chi connectivity index (χ0) is 23.0. The van der Waals surface area contributed by atoms with Gasteiger partial charge in [0.25, 0.3) is 11.8 Å². The number of aliphatic carboxylic acids is 1. The third-order valence-corrected chi connectivity index (χ3v) is 7.89. The maximum Gasteiger partial charge on any atom is 0.352 e. The molecule has 1 saturated heterocycles. The van der Waals surface area contributed by atoms with Gasteiger partial charge in [0.1, 0.15) is 23.8 Å². The van der Waals surface area contributed by atoms with Crippen molar-refractivity contribution in [1.29, 1.82) is 0 Å². The standard InChI is InChI=1S/C16H17ClN8O4S3/c1-23-6-24(22-21-23)32-4-7-3-30-14-10(13(27)25(14)11(7)15(28)29)20-12(26)8(2-17)9-5-31-16(18)19-9/h2,5,10,14H,3-4,6H2,1H3,(H2,18,19)(H,20,26)(H,28,29)/t10?,14-/m0/s1. The van der Waals surface area contributed by atoms with Crippen LogP contribution in [0.3, 0.4) is 0 Å². The van der Waals surface area contributed by atoms with Gasteiger partial charge in [-0.25, -0.2) is 9.78 Å².